The van der Waals surface area contributed by atoms with Crippen molar-refractivity contribution in [1.29, 1.82) is 0 Å². The number of alkyl halides is 3. The topological polar surface area (TPSA) is 111 Å². The summed E-state index contributed by atoms with van der Waals surface area (Å²) in [6.07, 6.45) is -2.18. The second-order valence-corrected chi connectivity index (χ2v) is 5.51. The Labute approximate surface area is 145 Å². The van der Waals surface area contributed by atoms with Gasteiger partial charge in [0.15, 0.2) is 0 Å². The molecule has 0 saturated heterocycles. The summed E-state index contributed by atoms with van der Waals surface area (Å²) in [5.41, 5.74) is 6.72. The molecule has 0 aliphatic carbocycles. The molecule has 0 aliphatic rings. The van der Waals surface area contributed by atoms with Gasteiger partial charge in [-0.2, -0.15) is 13.2 Å². The van der Waals surface area contributed by atoms with Crippen molar-refractivity contribution in [3.63, 3.8) is 0 Å². The first-order valence-electron chi connectivity index (χ1n) is 7.64. The van der Waals surface area contributed by atoms with Crippen molar-refractivity contribution in [1.82, 2.24) is 20.1 Å². The Balaban J connectivity index is 1.95. The number of hydrogen-bond acceptors (Lipinski definition) is 6. The fourth-order valence-corrected chi connectivity index (χ4v) is 2.37. The Morgan fingerprint density at radius 2 is 1.92 bits per heavy atom. The second kappa shape index (κ2) is 7.08. The summed E-state index contributed by atoms with van der Waals surface area (Å²) in [6.45, 7) is 0.363. The molecule has 1 aromatic carbocycles. The molecule has 26 heavy (non-hydrogen) atoms. The van der Waals surface area contributed by atoms with Gasteiger partial charge < -0.3 is 5.73 Å². The van der Waals surface area contributed by atoms with Crippen molar-refractivity contribution in [3.8, 4) is 11.5 Å². The molecule has 2 heterocycles. The van der Waals surface area contributed by atoms with Crippen LogP contribution in [0.4, 0.5) is 13.2 Å². The van der Waals surface area contributed by atoms with Gasteiger partial charge >= 0.3 is 11.9 Å². The quantitative estimate of drug-likeness (QED) is 0.715. The second-order valence-electron chi connectivity index (χ2n) is 5.51. The summed E-state index contributed by atoms with van der Waals surface area (Å²) < 4.78 is 42.5. The highest BCUT2D eigenvalue weighted by atomic mass is 19.4. The molecule has 0 bridgehead atoms. The van der Waals surface area contributed by atoms with E-state index < -0.39 is 17.5 Å². The molecule has 0 amide bonds. The molecule has 0 fully saturated rings. The summed E-state index contributed by atoms with van der Waals surface area (Å²) in [5, 5.41) is 3.61. The highest BCUT2D eigenvalue weighted by Gasteiger charge is 2.30. The number of hydrogen-bond donors (Lipinski definition) is 2. The highest BCUT2D eigenvalue weighted by Crippen LogP contribution is 2.29. The zero-order chi connectivity index (χ0) is 18.7. The molecule has 3 N–H and O–H groups in total. The van der Waals surface area contributed by atoms with E-state index in [1.807, 2.05) is 0 Å². The fraction of sp³-hybridized carbons (Fsp3) is 0.250. The zero-order valence-electron chi connectivity index (χ0n) is 13.4. The Morgan fingerprint density at radius 3 is 2.50 bits per heavy atom. The van der Waals surface area contributed by atoms with E-state index in [0.717, 1.165) is 12.1 Å². The number of rotatable bonds is 5. The average Bonchev–Trinajstić information content (AvgIpc) is 3.02. The molecule has 3 rings (SSSR count). The number of nitrogens with two attached hydrogens (primary N) is 1. The summed E-state index contributed by atoms with van der Waals surface area (Å²) in [5.74, 6) is -0.644. The summed E-state index contributed by atoms with van der Waals surface area (Å²) in [7, 11) is 0. The van der Waals surface area contributed by atoms with Crippen molar-refractivity contribution in [2.45, 2.75) is 19.0 Å². The van der Waals surface area contributed by atoms with Gasteiger partial charge in [0.25, 0.3) is 0 Å². The van der Waals surface area contributed by atoms with Gasteiger partial charge in [0.1, 0.15) is 5.69 Å². The Bertz CT molecular complexity index is 948. The molecule has 0 radical (unpaired) electrons. The van der Waals surface area contributed by atoms with Gasteiger partial charge in [-0.25, -0.2) is 9.78 Å². The average molecular weight is 365 g/mol. The van der Waals surface area contributed by atoms with Crippen LogP contribution in [0.25, 0.3) is 11.5 Å². The van der Waals surface area contributed by atoms with Crippen LogP contribution in [0, 0.1) is 0 Å². The van der Waals surface area contributed by atoms with Crippen LogP contribution in [-0.4, -0.2) is 26.7 Å². The first kappa shape index (κ1) is 17.8. The maximum atomic E-state index is 12.7. The number of nitrogens with zero attached hydrogens (tertiary/aromatic N) is 3. The molecule has 136 valence electrons. The number of H-pyrrole nitrogens is 1. The third-order valence-electron chi connectivity index (χ3n) is 3.62. The van der Waals surface area contributed by atoms with Gasteiger partial charge in [-0.1, -0.05) is 17.3 Å². The van der Waals surface area contributed by atoms with Crippen molar-refractivity contribution < 1.29 is 17.7 Å². The standard InChI is InChI=1S/C16H14F3N5O2/c17-16(18,19)10-3-1-9(2-4-10)7-12-13(14-23-15(25)26-24-14)22-11(5-6-20)8-21-12/h1-4,8H,5-7,20H2,(H,23,24,25). The molecular formula is C16H14F3N5O2. The normalized spacial score (nSPS) is 11.7. The SMILES string of the molecule is NCCc1cnc(Cc2ccc(C(F)(F)F)cc2)c(-c2noc(=O)[nH]2)n1. The van der Waals surface area contributed by atoms with E-state index in [2.05, 4.69) is 24.6 Å². The van der Waals surface area contributed by atoms with Crippen molar-refractivity contribution in [3.05, 3.63) is 63.5 Å². The van der Waals surface area contributed by atoms with Crippen molar-refractivity contribution >= 4 is 0 Å². The third kappa shape index (κ3) is 3.97. The smallest absolute Gasteiger partial charge is 0.330 e. The lowest BCUT2D eigenvalue weighted by Crippen LogP contribution is -2.09. The van der Waals surface area contributed by atoms with Crippen LogP contribution >= 0.6 is 0 Å². The molecule has 0 aliphatic heterocycles. The minimum atomic E-state index is -4.40. The molecule has 0 unspecified atom stereocenters. The van der Waals surface area contributed by atoms with Crippen LogP contribution in [0.1, 0.15) is 22.5 Å². The summed E-state index contributed by atoms with van der Waals surface area (Å²) >= 11 is 0. The van der Waals surface area contributed by atoms with E-state index in [4.69, 9.17) is 5.73 Å². The fourth-order valence-electron chi connectivity index (χ4n) is 2.37. The van der Waals surface area contributed by atoms with Crippen LogP contribution in [0.5, 0.6) is 0 Å². The van der Waals surface area contributed by atoms with E-state index in [1.165, 1.54) is 18.3 Å². The Kier molecular flexibility index (Phi) is 4.85. The Hall–Kier alpha value is -3.01. The lowest BCUT2D eigenvalue weighted by Gasteiger charge is -2.09. The predicted molar refractivity (Wildman–Crippen MR) is 85.2 cm³/mol. The highest BCUT2D eigenvalue weighted by molar-refractivity contribution is 5.53. The molecule has 0 saturated carbocycles. The largest absolute Gasteiger partial charge is 0.439 e. The van der Waals surface area contributed by atoms with Gasteiger partial charge in [-0.3, -0.25) is 14.5 Å². The zero-order valence-corrected chi connectivity index (χ0v) is 13.4. The number of nitrogens with one attached hydrogen (secondary N) is 1. The minimum Gasteiger partial charge on any atom is -0.330 e. The maximum Gasteiger partial charge on any atom is 0.439 e. The van der Waals surface area contributed by atoms with Crippen LogP contribution in [0.2, 0.25) is 0 Å². The maximum absolute atomic E-state index is 12.7. The monoisotopic (exact) mass is 365 g/mol. The van der Waals surface area contributed by atoms with Crippen LogP contribution in [0.3, 0.4) is 0 Å². The first-order valence-corrected chi connectivity index (χ1v) is 7.64. The number of aromatic nitrogens is 4. The predicted octanol–water partition coefficient (Wildman–Crippen LogP) is 1.93. The van der Waals surface area contributed by atoms with E-state index >= 15 is 0 Å². The molecule has 2 aromatic heterocycles. The molecule has 0 spiro atoms. The molecule has 0 atom stereocenters. The molecule has 10 heteroatoms. The summed E-state index contributed by atoms with van der Waals surface area (Å²) in [6, 6.07) is 4.74. The van der Waals surface area contributed by atoms with Crippen LogP contribution in [-0.2, 0) is 19.0 Å². The van der Waals surface area contributed by atoms with Crippen molar-refractivity contribution in [2.24, 2.45) is 5.73 Å². The van der Waals surface area contributed by atoms with E-state index in [-0.39, 0.29) is 12.2 Å². The lowest BCUT2D eigenvalue weighted by molar-refractivity contribution is -0.137. The van der Waals surface area contributed by atoms with Gasteiger partial charge in [-0.15, -0.1) is 0 Å². The first-order chi connectivity index (χ1) is 12.4. The number of halogens is 3. The number of aromatic amines is 1. The lowest BCUT2D eigenvalue weighted by atomic mass is 10.1. The molecule has 7 nitrogen and oxygen atoms in total. The minimum absolute atomic E-state index is 0.100. The van der Waals surface area contributed by atoms with E-state index in [1.54, 1.807) is 0 Å². The van der Waals surface area contributed by atoms with Gasteiger partial charge in [0.2, 0.25) is 5.82 Å². The molecule has 3 aromatic rings. The van der Waals surface area contributed by atoms with Gasteiger partial charge in [-0.05, 0) is 24.2 Å². The molecular weight excluding hydrogens is 351 g/mol. The van der Waals surface area contributed by atoms with Crippen molar-refractivity contribution in [2.75, 3.05) is 6.54 Å². The van der Waals surface area contributed by atoms with Crippen LogP contribution < -0.4 is 11.5 Å². The van der Waals surface area contributed by atoms with Crippen LogP contribution in [0.15, 0.2) is 39.8 Å². The van der Waals surface area contributed by atoms with E-state index in [0.29, 0.717) is 35.6 Å². The summed E-state index contributed by atoms with van der Waals surface area (Å²) in [4.78, 5) is 22.3. The Morgan fingerprint density at radius 1 is 1.19 bits per heavy atom. The third-order valence-corrected chi connectivity index (χ3v) is 3.62. The van der Waals surface area contributed by atoms with Gasteiger partial charge in [0, 0.05) is 19.0 Å². The number of benzene rings is 1. The van der Waals surface area contributed by atoms with Gasteiger partial charge in [0.05, 0.1) is 17.0 Å². The van der Waals surface area contributed by atoms with E-state index in [9.17, 15) is 18.0 Å².